The van der Waals surface area contributed by atoms with Crippen LogP contribution in [0.25, 0.3) is 5.69 Å². The van der Waals surface area contributed by atoms with Gasteiger partial charge in [0.25, 0.3) is 0 Å². The molecule has 0 atom stereocenters. The largest absolute Gasteiger partial charge is 0.497 e. The molecule has 0 unspecified atom stereocenters. The fraction of sp³-hybridized carbons (Fsp3) is 0.250. The van der Waals surface area contributed by atoms with Gasteiger partial charge in [-0.15, -0.1) is 0 Å². The van der Waals surface area contributed by atoms with Gasteiger partial charge in [-0.25, -0.2) is 17.8 Å². The van der Waals surface area contributed by atoms with Crippen LogP contribution in [0.2, 0.25) is 0 Å². The zero-order valence-corrected chi connectivity index (χ0v) is 11.5. The lowest BCUT2D eigenvalue weighted by Gasteiger charge is -2.03. The number of benzene rings is 1. The van der Waals surface area contributed by atoms with E-state index >= 15 is 0 Å². The molecule has 102 valence electrons. The normalized spacial score (nSPS) is 11.5. The maximum Gasteiger partial charge on any atom is 0.209 e. The molecule has 0 spiro atoms. The third-order valence-corrected chi connectivity index (χ3v) is 3.17. The Balaban J connectivity index is 2.11. The summed E-state index contributed by atoms with van der Waals surface area (Å²) in [6.07, 6.45) is 2.90. The number of aromatic nitrogens is 2. The third kappa shape index (κ3) is 3.80. The van der Waals surface area contributed by atoms with Crippen molar-refractivity contribution >= 4 is 10.0 Å². The second-order valence-corrected chi connectivity index (χ2v) is 5.88. The number of ether oxygens (including phenoxy) is 1. The van der Waals surface area contributed by atoms with Crippen LogP contribution in [0.1, 0.15) is 5.69 Å². The average molecular weight is 281 g/mol. The van der Waals surface area contributed by atoms with Crippen molar-refractivity contribution in [2.45, 2.75) is 6.54 Å². The van der Waals surface area contributed by atoms with Crippen LogP contribution in [-0.4, -0.2) is 31.6 Å². The van der Waals surface area contributed by atoms with Crippen LogP contribution >= 0.6 is 0 Å². The van der Waals surface area contributed by atoms with E-state index in [1.165, 1.54) is 0 Å². The summed E-state index contributed by atoms with van der Waals surface area (Å²) in [5, 5.41) is 4.29. The maximum absolute atomic E-state index is 11.0. The number of hydrogen-bond acceptors (Lipinski definition) is 4. The minimum atomic E-state index is -3.20. The van der Waals surface area contributed by atoms with E-state index in [-0.39, 0.29) is 6.54 Å². The fourth-order valence-electron chi connectivity index (χ4n) is 1.54. The van der Waals surface area contributed by atoms with E-state index < -0.39 is 10.0 Å². The van der Waals surface area contributed by atoms with Gasteiger partial charge in [-0.1, -0.05) is 0 Å². The van der Waals surface area contributed by atoms with Crippen LogP contribution in [0.3, 0.4) is 0 Å². The second kappa shape index (κ2) is 5.41. The molecule has 1 N–H and O–H groups in total. The minimum absolute atomic E-state index is 0.183. The first-order valence-electron chi connectivity index (χ1n) is 5.61. The van der Waals surface area contributed by atoms with Gasteiger partial charge < -0.3 is 4.74 Å². The molecule has 1 aromatic carbocycles. The number of hydrogen-bond donors (Lipinski definition) is 1. The first-order valence-corrected chi connectivity index (χ1v) is 7.51. The average Bonchev–Trinajstić information content (AvgIpc) is 2.84. The van der Waals surface area contributed by atoms with Crippen LogP contribution in [0.4, 0.5) is 0 Å². The van der Waals surface area contributed by atoms with Gasteiger partial charge in [-0.05, 0) is 30.3 Å². The lowest BCUT2D eigenvalue weighted by molar-refractivity contribution is 0.414. The molecular formula is C12H15N3O3S. The monoisotopic (exact) mass is 281 g/mol. The lowest BCUT2D eigenvalue weighted by atomic mass is 10.3. The van der Waals surface area contributed by atoms with E-state index in [0.717, 1.165) is 17.7 Å². The molecule has 19 heavy (non-hydrogen) atoms. The Bertz CT molecular complexity index is 647. The third-order valence-electron chi connectivity index (χ3n) is 2.50. The molecule has 1 heterocycles. The Labute approximate surface area is 112 Å². The van der Waals surface area contributed by atoms with Gasteiger partial charge in [0, 0.05) is 6.20 Å². The SMILES string of the molecule is COc1ccc(-n2ccc(CNS(C)(=O)=O)n2)cc1. The number of methoxy groups -OCH3 is 1. The molecule has 0 radical (unpaired) electrons. The second-order valence-electron chi connectivity index (χ2n) is 4.04. The highest BCUT2D eigenvalue weighted by molar-refractivity contribution is 7.88. The Hall–Kier alpha value is -1.86. The lowest BCUT2D eigenvalue weighted by Crippen LogP contribution is -2.21. The Kier molecular flexibility index (Phi) is 3.87. The predicted octanol–water partition coefficient (Wildman–Crippen LogP) is 0.930. The van der Waals surface area contributed by atoms with Crippen LogP contribution in [-0.2, 0) is 16.6 Å². The summed E-state index contributed by atoms with van der Waals surface area (Å²) in [4.78, 5) is 0. The van der Waals surface area contributed by atoms with Gasteiger partial charge >= 0.3 is 0 Å². The summed E-state index contributed by atoms with van der Waals surface area (Å²) < 4.78 is 31.1. The zero-order chi connectivity index (χ0) is 13.9. The molecule has 0 saturated heterocycles. The number of sulfonamides is 1. The van der Waals surface area contributed by atoms with Crippen molar-refractivity contribution in [2.24, 2.45) is 0 Å². The van der Waals surface area contributed by atoms with E-state index in [1.807, 2.05) is 24.3 Å². The van der Waals surface area contributed by atoms with Crippen molar-refractivity contribution in [3.63, 3.8) is 0 Å². The van der Waals surface area contributed by atoms with Gasteiger partial charge in [0.15, 0.2) is 0 Å². The van der Waals surface area contributed by atoms with Gasteiger partial charge in [-0.2, -0.15) is 5.10 Å². The summed E-state index contributed by atoms with van der Waals surface area (Å²) in [6.45, 7) is 0.183. The standard InChI is InChI=1S/C12H15N3O3S/c1-18-12-5-3-11(4-6-12)15-8-7-10(14-15)9-13-19(2,16)17/h3-8,13H,9H2,1-2H3. The molecule has 1 aromatic heterocycles. The maximum atomic E-state index is 11.0. The van der Waals surface area contributed by atoms with E-state index in [9.17, 15) is 8.42 Å². The molecule has 0 bridgehead atoms. The summed E-state index contributed by atoms with van der Waals surface area (Å²) >= 11 is 0. The van der Waals surface area contributed by atoms with Crippen molar-refractivity contribution in [3.8, 4) is 11.4 Å². The van der Waals surface area contributed by atoms with Gasteiger partial charge in [0.2, 0.25) is 10.0 Å². The smallest absolute Gasteiger partial charge is 0.209 e. The van der Waals surface area contributed by atoms with Gasteiger partial charge in [0.1, 0.15) is 5.75 Å². The molecule has 0 aliphatic carbocycles. The van der Waals surface area contributed by atoms with Crippen molar-refractivity contribution in [2.75, 3.05) is 13.4 Å². The highest BCUT2D eigenvalue weighted by Gasteiger charge is 2.05. The van der Waals surface area contributed by atoms with Crippen molar-refractivity contribution in [3.05, 3.63) is 42.2 Å². The van der Waals surface area contributed by atoms with Gasteiger partial charge in [-0.3, -0.25) is 0 Å². The Morgan fingerprint density at radius 2 is 1.95 bits per heavy atom. The van der Waals surface area contributed by atoms with E-state index in [4.69, 9.17) is 4.74 Å². The van der Waals surface area contributed by atoms with Crippen LogP contribution < -0.4 is 9.46 Å². The highest BCUT2D eigenvalue weighted by atomic mass is 32.2. The predicted molar refractivity (Wildman–Crippen MR) is 71.8 cm³/mol. The molecule has 0 fully saturated rings. The molecule has 2 aromatic rings. The Morgan fingerprint density at radius 1 is 1.26 bits per heavy atom. The number of nitrogens with zero attached hydrogens (tertiary/aromatic N) is 2. The summed E-state index contributed by atoms with van der Waals surface area (Å²) in [6, 6.07) is 9.19. The van der Waals surface area contributed by atoms with Crippen LogP contribution in [0, 0.1) is 0 Å². The quantitative estimate of drug-likeness (QED) is 0.885. The minimum Gasteiger partial charge on any atom is -0.497 e. The topological polar surface area (TPSA) is 73.2 Å². The van der Waals surface area contributed by atoms with Crippen LogP contribution in [0.5, 0.6) is 5.75 Å². The first kappa shape index (κ1) is 13.6. The summed E-state index contributed by atoms with van der Waals surface area (Å²) in [7, 11) is -1.59. The zero-order valence-electron chi connectivity index (χ0n) is 10.7. The van der Waals surface area contributed by atoms with Crippen molar-refractivity contribution in [1.29, 1.82) is 0 Å². The Morgan fingerprint density at radius 3 is 2.53 bits per heavy atom. The fourth-order valence-corrected chi connectivity index (χ4v) is 1.95. The molecule has 0 amide bonds. The van der Waals surface area contributed by atoms with Crippen LogP contribution in [0.15, 0.2) is 36.5 Å². The molecule has 0 aliphatic heterocycles. The number of rotatable bonds is 5. The van der Waals surface area contributed by atoms with Crippen molar-refractivity contribution in [1.82, 2.24) is 14.5 Å². The molecule has 2 rings (SSSR count). The van der Waals surface area contributed by atoms with E-state index in [0.29, 0.717) is 5.69 Å². The highest BCUT2D eigenvalue weighted by Crippen LogP contribution is 2.14. The molecule has 6 nitrogen and oxygen atoms in total. The molecular weight excluding hydrogens is 266 g/mol. The van der Waals surface area contributed by atoms with Crippen molar-refractivity contribution < 1.29 is 13.2 Å². The first-order chi connectivity index (χ1) is 8.98. The summed E-state index contributed by atoms with van der Waals surface area (Å²) in [5.41, 5.74) is 1.53. The molecule has 7 heteroatoms. The van der Waals surface area contributed by atoms with E-state index in [1.54, 1.807) is 24.1 Å². The molecule has 0 saturated carbocycles. The van der Waals surface area contributed by atoms with Gasteiger partial charge in [0.05, 0.1) is 31.3 Å². The summed E-state index contributed by atoms with van der Waals surface area (Å²) in [5.74, 6) is 0.773. The van der Waals surface area contributed by atoms with E-state index in [2.05, 4.69) is 9.82 Å². The molecule has 0 aliphatic rings. The number of nitrogens with one attached hydrogen (secondary N) is 1.